The summed E-state index contributed by atoms with van der Waals surface area (Å²) in [6.07, 6.45) is 4.26. The van der Waals surface area contributed by atoms with E-state index in [1.165, 1.54) is 23.3 Å². The highest BCUT2D eigenvalue weighted by Gasteiger charge is 2.42. The van der Waals surface area contributed by atoms with Crippen LogP contribution in [-0.4, -0.2) is 23.2 Å². The minimum absolute atomic E-state index is 0.0233. The second kappa shape index (κ2) is 9.00. The van der Waals surface area contributed by atoms with Gasteiger partial charge in [0.15, 0.2) is 5.11 Å². The lowest BCUT2D eigenvalue weighted by atomic mass is 9.98. The summed E-state index contributed by atoms with van der Waals surface area (Å²) in [6, 6.07) is 14.6. The summed E-state index contributed by atoms with van der Waals surface area (Å²) in [5, 5.41) is 7.16. The van der Waals surface area contributed by atoms with Gasteiger partial charge in [-0.05, 0) is 85.2 Å². The number of piperidine rings is 1. The molecule has 2 fully saturated rings. The molecule has 2 atom stereocenters. The number of benzene rings is 1. The van der Waals surface area contributed by atoms with Gasteiger partial charge in [0.2, 0.25) is 0 Å². The first-order chi connectivity index (χ1) is 15.5. The van der Waals surface area contributed by atoms with E-state index in [9.17, 15) is 0 Å². The van der Waals surface area contributed by atoms with E-state index in [-0.39, 0.29) is 12.1 Å². The highest BCUT2D eigenvalue weighted by molar-refractivity contribution is 7.80. The molecule has 166 valence electrons. The molecule has 0 aliphatic carbocycles. The second-order valence-corrected chi connectivity index (χ2v) is 10.5. The highest BCUT2D eigenvalue weighted by atomic mass is 35.5. The third kappa shape index (κ3) is 4.00. The van der Waals surface area contributed by atoms with Crippen LogP contribution >= 0.6 is 35.2 Å². The molecular formula is C25H27ClN4S2. The highest BCUT2D eigenvalue weighted by Crippen LogP contribution is 2.45. The van der Waals surface area contributed by atoms with Crippen molar-refractivity contribution in [1.82, 2.24) is 10.3 Å². The van der Waals surface area contributed by atoms with Gasteiger partial charge in [0.25, 0.3) is 0 Å². The molecule has 0 radical (unpaired) electrons. The number of hydrogen-bond acceptors (Lipinski definition) is 4. The molecule has 5 rings (SSSR count). The van der Waals surface area contributed by atoms with Crippen molar-refractivity contribution in [3.8, 4) is 0 Å². The van der Waals surface area contributed by atoms with Crippen molar-refractivity contribution in [3.05, 3.63) is 75.2 Å². The number of hydrogen-bond donors (Lipinski definition) is 1. The van der Waals surface area contributed by atoms with Gasteiger partial charge in [0.1, 0.15) is 0 Å². The number of thiocarbonyl (C=S) groups is 1. The molecule has 32 heavy (non-hydrogen) atoms. The van der Waals surface area contributed by atoms with Crippen molar-refractivity contribution in [2.75, 3.05) is 22.9 Å². The number of rotatable bonds is 4. The molecule has 3 aromatic rings. The molecule has 0 spiro atoms. The summed E-state index contributed by atoms with van der Waals surface area (Å²) in [5.74, 6) is 0.788. The smallest absolute Gasteiger partial charge is 0.174 e. The molecule has 2 aliphatic heterocycles. The van der Waals surface area contributed by atoms with Crippen LogP contribution in [0.4, 0.5) is 11.4 Å². The summed E-state index contributed by atoms with van der Waals surface area (Å²) < 4.78 is 0. The summed E-state index contributed by atoms with van der Waals surface area (Å²) in [5.41, 5.74) is 4.38. The number of nitrogens with one attached hydrogen (secondary N) is 1. The van der Waals surface area contributed by atoms with Crippen LogP contribution in [0.2, 0.25) is 5.02 Å². The fourth-order valence-electron chi connectivity index (χ4n) is 4.74. The molecule has 1 aromatic carbocycles. The van der Waals surface area contributed by atoms with Crippen LogP contribution in [0.3, 0.4) is 0 Å². The van der Waals surface area contributed by atoms with E-state index in [1.807, 2.05) is 18.3 Å². The van der Waals surface area contributed by atoms with Crippen molar-refractivity contribution < 1.29 is 0 Å². The normalized spacial score (nSPS) is 21.8. The van der Waals surface area contributed by atoms with E-state index in [4.69, 9.17) is 23.8 Å². The van der Waals surface area contributed by atoms with Gasteiger partial charge in [-0.2, -0.15) is 0 Å². The Hall–Kier alpha value is -2.15. The molecule has 2 aromatic heterocycles. The van der Waals surface area contributed by atoms with Gasteiger partial charge in [-0.15, -0.1) is 11.3 Å². The maximum atomic E-state index is 6.84. The maximum absolute atomic E-state index is 6.84. The van der Waals surface area contributed by atoms with Gasteiger partial charge in [-0.25, -0.2) is 0 Å². The number of aromatic nitrogens is 1. The Bertz CT molecular complexity index is 1110. The standard InChI is InChI=1S/C25H27ClN4S2/c1-16-8-12-29(13-9-16)21-7-6-18(15-19(21)26)30-23(24-17(2)10-14-32-24)22(28-25(30)31)20-5-3-4-11-27-20/h3-7,10-11,14-16,22-23H,8-9,12-13H2,1-2H3,(H,28,31)/t22-,23-/m1/s1. The maximum Gasteiger partial charge on any atom is 0.174 e. The molecule has 2 saturated heterocycles. The van der Waals surface area contributed by atoms with Crippen LogP contribution in [0.15, 0.2) is 54.0 Å². The number of pyridine rings is 1. The zero-order valence-electron chi connectivity index (χ0n) is 18.3. The SMILES string of the molecule is Cc1ccsc1[C@H]1[C@@H](c2ccccn2)NC(=S)N1c1ccc(N2CCC(C)CC2)c(Cl)c1. The topological polar surface area (TPSA) is 31.4 Å². The molecule has 0 saturated carbocycles. The Morgan fingerprint density at radius 3 is 2.62 bits per heavy atom. The molecule has 0 amide bonds. The lowest BCUT2D eigenvalue weighted by Gasteiger charge is -2.33. The first-order valence-electron chi connectivity index (χ1n) is 11.1. The van der Waals surface area contributed by atoms with E-state index in [2.05, 4.69) is 69.7 Å². The van der Waals surface area contributed by atoms with E-state index < -0.39 is 0 Å². The van der Waals surface area contributed by atoms with Gasteiger partial charge in [0.05, 0.1) is 28.5 Å². The predicted molar refractivity (Wildman–Crippen MR) is 139 cm³/mol. The Kier molecular flexibility index (Phi) is 6.10. The number of aryl methyl sites for hydroxylation is 1. The van der Waals surface area contributed by atoms with Gasteiger partial charge < -0.3 is 15.1 Å². The summed E-state index contributed by atoms with van der Waals surface area (Å²) >= 11 is 14.5. The van der Waals surface area contributed by atoms with Crippen LogP contribution in [-0.2, 0) is 0 Å². The zero-order chi connectivity index (χ0) is 22.2. The second-order valence-electron chi connectivity index (χ2n) is 8.77. The molecular weight excluding hydrogens is 456 g/mol. The van der Waals surface area contributed by atoms with E-state index in [1.54, 1.807) is 11.3 Å². The predicted octanol–water partition coefficient (Wildman–Crippen LogP) is 6.52. The average Bonchev–Trinajstić information content (AvgIpc) is 3.37. The minimum Gasteiger partial charge on any atom is -0.370 e. The first-order valence-corrected chi connectivity index (χ1v) is 12.8. The fraction of sp³-hybridized carbons (Fsp3) is 0.360. The van der Waals surface area contributed by atoms with Crippen molar-refractivity contribution in [3.63, 3.8) is 0 Å². The van der Waals surface area contributed by atoms with Gasteiger partial charge in [0, 0.05) is 29.9 Å². The fourth-order valence-corrected chi connectivity index (χ4v) is 6.43. The van der Waals surface area contributed by atoms with Crippen molar-refractivity contribution in [1.29, 1.82) is 0 Å². The molecule has 0 unspecified atom stereocenters. The molecule has 4 nitrogen and oxygen atoms in total. The average molecular weight is 483 g/mol. The van der Waals surface area contributed by atoms with E-state index in [0.717, 1.165) is 41.1 Å². The molecule has 7 heteroatoms. The Morgan fingerprint density at radius 2 is 1.97 bits per heavy atom. The molecule has 4 heterocycles. The van der Waals surface area contributed by atoms with Crippen LogP contribution in [0, 0.1) is 12.8 Å². The van der Waals surface area contributed by atoms with Crippen LogP contribution in [0.1, 0.15) is 48.0 Å². The third-order valence-corrected chi connectivity index (χ3v) is 8.31. The summed E-state index contributed by atoms with van der Waals surface area (Å²) in [7, 11) is 0. The lowest BCUT2D eigenvalue weighted by molar-refractivity contribution is 0.438. The number of thiophene rings is 1. The monoisotopic (exact) mass is 482 g/mol. The minimum atomic E-state index is -0.0249. The van der Waals surface area contributed by atoms with Crippen molar-refractivity contribution in [2.45, 2.75) is 38.8 Å². The Balaban J connectivity index is 1.52. The quantitative estimate of drug-likeness (QED) is 0.428. The van der Waals surface area contributed by atoms with Crippen molar-refractivity contribution >= 4 is 51.6 Å². The number of halogens is 1. The van der Waals surface area contributed by atoms with Crippen LogP contribution in [0.25, 0.3) is 0 Å². The van der Waals surface area contributed by atoms with Crippen molar-refractivity contribution in [2.24, 2.45) is 5.92 Å². The summed E-state index contributed by atoms with van der Waals surface area (Å²) in [4.78, 5) is 10.5. The van der Waals surface area contributed by atoms with Gasteiger partial charge in [-0.1, -0.05) is 24.6 Å². The molecule has 1 N–H and O–H groups in total. The molecule has 0 bridgehead atoms. The lowest BCUT2D eigenvalue weighted by Crippen LogP contribution is -2.33. The van der Waals surface area contributed by atoms with E-state index in [0.29, 0.717) is 5.11 Å². The molecule has 2 aliphatic rings. The van der Waals surface area contributed by atoms with Crippen LogP contribution in [0.5, 0.6) is 0 Å². The largest absolute Gasteiger partial charge is 0.370 e. The third-order valence-electron chi connectivity index (χ3n) is 6.60. The zero-order valence-corrected chi connectivity index (χ0v) is 20.7. The van der Waals surface area contributed by atoms with Gasteiger partial charge >= 0.3 is 0 Å². The Labute approximate surface area is 204 Å². The number of anilines is 2. The Morgan fingerprint density at radius 1 is 1.16 bits per heavy atom. The summed E-state index contributed by atoms with van der Waals surface area (Å²) in [6.45, 7) is 6.60. The van der Waals surface area contributed by atoms with E-state index >= 15 is 0 Å². The van der Waals surface area contributed by atoms with Gasteiger partial charge in [-0.3, -0.25) is 4.98 Å². The first kappa shape index (κ1) is 21.7. The number of nitrogens with zero attached hydrogens (tertiary/aromatic N) is 3. The van der Waals surface area contributed by atoms with Crippen LogP contribution < -0.4 is 15.1 Å².